The summed E-state index contributed by atoms with van der Waals surface area (Å²) in [4.78, 5) is 43.3. The molecular weight excluding hydrogens is 551 g/mol. The lowest BCUT2D eigenvalue weighted by Gasteiger charge is -2.31. The van der Waals surface area contributed by atoms with Crippen molar-refractivity contribution in [1.29, 1.82) is 0 Å². The first-order chi connectivity index (χ1) is 18.3. The summed E-state index contributed by atoms with van der Waals surface area (Å²) in [6.45, 7) is 3.78. The molecule has 0 aliphatic heterocycles. The van der Waals surface area contributed by atoms with Crippen LogP contribution in [0.2, 0.25) is 0 Å². The van der Waals surface area contributed by atoms with Crippen LogP contribution in [0.25, 0.3) is 11.0 Å². The van der Waals surface area contributed by atoms with E-state index in [-0.39, 0.29) is 48.7 Å². The van der Waals surface area contributed by atoms with Gasteiger partial charge in [0.15, 0.2) is 5.43 Å². The summed E-state index contributed by atoms with van der Waals surface area (Å²) >= 11 is 3.38. The highest BCUT2D eigenvalue weighted by Crippen LogP contribution is 2.18. The molecule has 0 saturated heterocycles. The lowest BCUT2D eigenvalue weighted by Crippen LogP contribution is -2.46. The first-order valence-electron chi connectivity index (χ1n) is 12.3. The van der Waals surface area contributed by atoms with Gasteiger partial charge in [-0.25, -0.2) is 4.39 Å². The van der Waals surface area contributed by atoms with Crippen LogP contribution in [0.15, 0.2) is 92.7 Å². The Morgan fingerprint density at radius 3 is 2.34 bits per heavy atom. The first-order valence-corrected chi connectivity index (χ1v) is 13.1. The van der Waals surface area contributed by atoms with Gasteiger partial charge in [-0.05, 0) is 67.4 Å². The number of fused-ring (bicyclic) bond motifs is 1. The maximum Gasteiger partial charge on any atom is 0.254 e. The minimum atomic E-state index is -0.384. The molecule has 8 heteroatoms. The molecule has 0 spiro atoms. The van der Waals surface area contributed by atoms with Crippen LogP contribution in [0, 0.1) is 5.82 Å². The molecular formula is C30H28BrFN2O4. The van der Waals surface area contributed by atoms with Gasteiger partial charge in [0.25, 0.3) is 5.91 Å². The Morgan fingerprint density at radius 1 is 0.974 bits per heavy atom. The number of hydrogen-bond donors (Lipinski definition) is 0. The van der Waals surface area contributed by atoms with Gasteiger partial charge in [-0.2, -0.15) is 0 Å². The Hall–Kier alpha value is -3.78. The van der Waals surface area contributed by atoms with Gasteiger partial charge in [0.1, 0.15) is 17.9 Å². The van der Waals surface area contributed by atoms with Gasteiger partial charge in [-0.15, -0.1) is 0 Å². The van der Waals surface area contributed by atoms with Gasteiger partial charge < -0.3 is 14.2 Å². The molecule has 0 saturated carbocycles. The number of para-hydroxylation sites is 1. The third kappa shape index (κ3) is 6.37. The van der Waals surface area contributed by atoms with Crippen LogP contribution in [0.3, 0.4) is 0 Å². The molecule has 0 aliphatic carbocycles. The predicted molar refractivity (Wildman–Crippen MR) is 148 cm³/mol. The molecule has 1 heterocycles. The summed E-state index contributed by atoms with van der Waals surface area (Å²) in [5.74, 6) is -0.982. The summed E-state index contributed by atoms with van der Waals surface area (Å²) in [6.07, 6.45) is 2.02. The van der Waals surface area contributed by atoms with E-state index in [2.05, 4.69) is 15.9 Å². The Morgan fingerprint density at radius 2 is 1.66 bits per heavy atom. The Bertz CT molecular complexity index is 1490. The van der Waals surface area contributed by atoms with Gasteiger partial charge in [-0.3, -0.25) is 14.4 Å². The van der Waals surface area contributed by atoms with E-state index in [1.807, 2.05) is 13.8 Å². The smallest absolute Gasteiger partial charge is 0.254 e. The van der Waals surface area contributed by atoms with Crippen LogP contribution in [-0.2, 0) is 17.9 Å². The van der Waals surface area contributed by atoms with E-state index in [1.54, 1.807) is 65.6 Å². The number of rotatable bonds is 9. The second-order valence-electron chi connectivity index (χ2n) is 9.16. The SMILES string of the molecule is CCC(C)N(CC(=O)N(Cc1ccc(F)cc1)Cc1coc2ccccc2c1=O)C(=O)c1ccc(Br)cc1. The van der Waals surface area contributed by atoms with Gasteiger partial charge in [0.2, 0.25) is 5.91 Å². The number of carbonyl (C=O) groups excluding carboxylic acids is 2. The third-order valence-corrected chi connectivity index (χ3v) is 7.06. The zero-order valence-electron chi connectivity index (χ0n) is 21.2. The molecule has 38 heavy (non-hydrogen) atoms. The van der Waals surface area contributed by atoms with Crippen LogP contribution in [0.5, 0.6) is 0 Å². The maximum absolute atomic E-state index is 13.7. The van der Waals surface area contributed by atoms with Crippen LogP contribution < -0.4 is 5.43 Å². The fourth-order valence-corrected chi connectivity index (χ4v) is 4.39. The lowest BCUT2D eigenvalue weighted by atomic mass is 10.1. The number of benzene rings is 3. The van der Waals surface area contributed by atoms with E-state index < -0.39 is 0 Å². The van der Waals surface area contributed by atoms with Crippen molar-refractivity contribution in [1.82, 2.24) is 9.80 Å². The molecule has 1 atom stereocenters. The van der Waals surface area contributed by atoms with E-state index in [4.69, 9.17) is 4.42 Å². The van der Waals surface area contributed by atoms with Gasteiger partial charge in [0.05, 0.1) is 23.8 Å². The summed E-state index contributed by atoms with van der Waals surface area (Å²) in [7, 11) is 0. The standard InChI is InChI=1S/C30H28BrFN2O4/c1-3-20(2)34(30(37)22-10-12-24(31)13-11-22)18-28(35)33(16-21-8-14-25(32)15-9-21)17-23-19-38-27-7-5-4-6-26(27)29(23)36/h4-15,19-20H,3,16-18H2,1-2H3. The van der Waals surface area contributed by atoms with Crippen LogP contribution in [0.4, 0.5) is 4.39 Å². The Balaban J connectivity index is 1.65. The number of hydrogen-bond acceptors (Lipinski definition) is 4. The number of halogens is 2. The quantitative estimate of drug-likeness (QED) is 0.238. The molecule has 0 fully saturated rings. The number of carbonyl (C=O) groups is 2. The maximum atomic E-state index is 13.7. The monoisotopic (exact) mass is 578 g/mol. The highest BCUT2D eigenvalue weighted by molar-refractivity contribution is 9.10. The predicted octanol–water partition coefficient (Wildman–Crippen LogP) is 6.16. The molecule has 6 nitrogen and oxygen atoms in total. The van der Waals surface area contributed by atoms with E-state index in [0.717, 1.165) is 4.47 Å². The molecule has 0 radical (unpaired) electrons. The van der Waals surface area contributed by atoms with E-state index in [9.17, 15) is 18.8 Å². The minimum absolute atomic E-state index is 0.0236. The minimum Gasteiger partial charge on any atom is -0.464 e. The topological polar surface area (TPSA) is 70.8 Å². The zero-order chi connectivity index (χ0) is 27.2. The second-order valence-corrected chi connectivity index (χ2v) is 10.1. The van der Waals surface area contributed by atoms with Crippen molar-refractivity contribution in [2.75, 3.05) is 6.54 Å². The van der Waals surface area contributed by atoms with Gasteiger partial charge >= 0.3 is 0 Å². The van der Waals surface area contributed by atoms with E-state index in [0.29, 0.717) is 34.1 Å². The Labute approximate surface area is 228 Å². The molecule has 1 aromatic heterocycles. The van der Waals surface area contributed by atoms with Crippen molar-refractivity contribution in [2.45, 2.75) is 39.4 Å². The number of amides is 2. The molecule has 4 aromatic rings. The molecule has 0 aliphatic rings. The first kappa shape index (κ1) is 27.3. The molecule has 3 aromatic carbocycles. The summed E-state index contributed by atoms with van der Waals surface area (Å²) in [6, 6.07) is 19.5. The van der Waals surface area contributed by atoms with Crippen LogP contribution in [0.1, 0.15) is 41.8 Å². The van der Waals surface area contributed by atoms with E-state index >= 15 is 0 Å². The summed E-state index contributed by atoms with van der Waals surface area (Å²) < 4.78 is 20.0. The van der Waals surface area contributed by atoms with Crippen molar-refractivity contribution >= 4 is 38.7 Å². The molecule has 196 valence electrons. The largest absolute Gasteiger partial charge is 0.464 e. The zero-order valence-corrected chi connectivity index (χ0v) is 22.8. The highest BCUT2D eigenvalue weighted by Gasteiger charge is 2.26. The van der Waals surface area contributed by atoms with Gasteiger partial charge in [-0.1, -0.05) is 47.1 Å². The van der Waals surface area contributed by atoms with Gasteiger partial charge in [0, 0.05) is 22.6 Å². The molecule has 4 rings (SSSR count). The van der Waals surface area contributed by atoms with Crippen molar-refractivity contribution in [3.8, 4) is 0 Å². The summed E-state index contributed by atoms with van der Waals surface area (Å²) in [5.41, 5.74) is 1.71. The molecule has 2 amide bonds. The van der Waals surface area contributed by atoms with Crippen molar-refractivity contribution in [2.24, 2.45) is 0 Å². The second kappa shape index (κ2) is 12.2. The average molecular weight is 579 g/mol. The van der Waals surface area contributed by atoms with E-state index in [1.165, 1.54) is 23.3 Å². The van der Waals surface area contributed by atoms with Crippen molar-refractivity contribution in [3.05, 3.63) is 116 Å². The highest BCUT2D eigenvalue weighted by atomic mass is 79.9. The van der Waals surface area contributed by atoms with Crippen LogP contribution in [-0.4, -0.2) is 34.2 Å². The lowest BCUT2D eigenvalue weighted by molar-refractivity contribution is -0.133. The van der Waals surface area contributed by atoms with Crippen LogP contribution >= 0.6 is 15.9 Å². The fourth-order valence-electron chi connectivity index (χ4n) is 4.13. The molecule has 0 bridgehead atoms. The molecule has 1 unspecified atom stereocenters. The van der Waals surface area contributed by atoms with Crippen molar-refractivity contribution < 1.29 is 18.4 Å². The Kier molecular flexibility index (Phi) is 8.73. The fraction of sp³-hybridized carbons (Fsp3) is 0.233. The molecule has 0 N–H and O–H groups in total. The summed E-state index contributed by atoms with van der Waals surface area (Å²) in [5, 5.41) is 0.422. The number of nitrogens with zero attached hydrogens (tertiary/aromatic N) is 2. The normalized spacial score (nSPS) is 11.8. The van der Waals surface area contributed by atoms with Crippen molar-refractivity contribution in [3.63, 3.8) is 0 Å². The average Bonchev–Trinajstić information content (AvgIpc) is 2.93. The third-order valence-electron chi connectivity index (χ3n) is 6.53.